The van der Waals surface area contributed by atoms with E-state index in [4.69, 9.17) is 0 Å². The summed E-state index contributed by atoms with van der Waals surface area (Å²) in [6, 6.07) is 6.78. The third-order valence-corrected chi connectivity index (χ3v) is 3.65. The first-order valence-electron chi connectivity index (χ1n) is 6.49. The molecule has 1 aromatic carbocycles. The number of rotatable bonds is 3. The standard InChI is InChI=1S/C15H22N2O/c1-10(2)16-9-11-6-7-13-12(8-11)15(3,4)14(18)17(13)5/h6-8,10,16H,9H2,1-5H3. The minimum absolute atomic E-state index is 0.173. The van der Waals surface area contributed by atoms with Crippen LogP contribution in [0.15, 0.2) is 18.2 Å². The number of likely N-dealkylation sites (N-methyl/N-ethyl adjacent to an activating group) is 1. The molecule has 0 saturated carbocycles. The van der Waals surface area contributed by atoms with Crippen LogP contribution in [0.3, 0.4) is 0 Å². The maximum atomic E-state index is 12.2. The molecular formula is C15H22N2O. The van der Waals surface area contributed by atoms with Crippen molar-refractivity contribution in [2.24, 2.45) is 0 Å². The first-order chi connectivity index (χ1) is 8.34. The summed E-state index contributed by atoms with van der Waals surface area (Å²) in [4.78, 5) is 13.9. The molecule has 0 spiro atoms. The van der Waals surface area contributed by atoms with Gasteiger partial charge in [-0.2, -0.15) is 0 Å². The number of amides is 1. The molecular weight excluding hydrogens is 224 g/mol. The van der Waals surface area contributed by atoms with Crippen LogP contribution in [0.2, 0.25) is 0 Å². The normalized spacial score (nSPS) is 17.4. The molecule has 0 aliphatic carbocycles. The molecule has 0 bridgehead atoms. The molecule has 0 radical (unpaired) electrons. The summed E-state index contributed by atoms with van der Waals surface area (Å²) in [5, 5.41) is 3.40. The van der Waals surface area contributed by atoms with Crippen molar-refractivity contribution in [2.75, 3.05) is 11.9 Å². The number of carbonyl (C=O) groups is 1. The molecule has 1 heterocycles. The number of nitrogens with one attached hydrogen (secondary N) is 1. The SMILES string of the molecule is CC(C)NCc1ccc2c(c1)C(C)(C)C(=O)N2C. The third-order valence-electron chi connectivity index (χ3n) is 3.65. The van der Waals surface area contributed by atoms with Crippen molar-refractivity contribution in [3.05, 3.63) is 29.3 Å². The van der Waals surface area contributed by atoms with Gasteiger partial charge in [0.2, 0.25) is 5.91 Å². The van der Waals surface area contributed by atoms with Crippen molar-refractivity contribution < 1.29 is 4.79 Å². The van der Waals surface area contributed by atoms with Crippen molar-refractivity contribution in [1.29, 1.82) is 0 Å². The highest BCUT2D eigenvalue weighted by Gasteiger charge is 2.42. The van der Waals surface area contributed by atoms with E-state index >= 15 is 0 Å². The lowest BCUT2D eigenvalue weighted by molar-refractivity contribution is -0.121. The Kier molecular flexibility index (Phi) is 3.20. The second kappa shape index (κ2) is 4.39. The van der Waals surface area contributed by atoms with E-state index in [2.05, 4.69) is 37.4 Å². The monoisotopic (exact) mass is 246 g/mol. The first kappa shape index (κ1) is 13.1. The number of nitrogens with zero attached hydrogens (tertiary/aromatic N) is 1. The van der Waals surface area contributed by atoms with Crippen LogP contribution in [0.5, 0.6) is 0 Å². The van der Waals surface area contributed by atoms with E-state index in [1.54, 1.807) is 4.90 Å². The van der Waals surface area contributed by atoms with Crippen LogP contribution in [-0.4, -0.2) is 19.0 Å². The summed E-state index contributed by atoms with van der Waals surface area (Å²) in [5.74, 6) is 0.173. The summed E-state index contributed by atoms with van der Waals surface area (Å²) in [7, 11) is 1.85. The summed E-state index contributed by atoms with van der Waals surface area (Å²) in [5.41, 5.74) is 3.01. The van der Waals surface area contributed by atoms with E-state index < -0.39 is 5.41 Å². The summed E-state index contributed by atoms with van der Waals surface area (Å²) < 4.78 is 0. The van der Waals surface area contributed by atoms with Gasteiger partial charge in [-0.3, -0.25) is 4.79 Å². The minimum atomic E-state index is -0.405. The van der Waals surface area contributed by atoms with Crippen molar-refractivity contribution >= 4 is 11.6 Å². The molecule has 0 saturated heterocycles. The Balaban J connectivity index is 2.33. The number of benzene rings is 1. The highest BCUT2D eigenvalue weighted by Crippen LogP contribution is 2.40. The first-order valence-corrected chi connectivity index (χ1v) is 6.49. The lowest BCUT2D eigenvalue weighted by atomic mass is 9.85. The molecule has 1 aliphatic rings. The average molecular weight is 246 g/mol. The lowest BCUT2D eigenvalue weighted by Gasteiger charge is -2.17. The van der Waals surface area contributed by atoms with Gasteiger partial charge in [0.25, 0.3) is 0 Å². The number of anilines is 1. The third kappa shape index (κ3) is 2.03. The zero-order valence-corrected chi connectivity index (χ0v) is 11.9. The van der Waals surface area contributed by atoms with Gasteiger partial charge in [-0.05, 0) is 31.0 Å². The smallest absolute Gasteiger partial charge is 0.236 e. The molecule has 1 N–H and O–H groups in total. The lowest BCUT2D eigenvalue weighted by Crippen LogP contribution is -2.33. The zero-order chi connectivity index (χ0) is 13.5. The Morgan fingerprint density at radius 1 is 1.33 bits per heavy atom. The predicted molar refractivity (Wildman–Crippen MR) is 74.9 cm³/mol. The molecule has 1 aliphatic heterocycles. The molecule has 0 unspecified atom stereocenters. The molecule has 2 rings (SSSR count). The van der Waals surface area contributed by atoms with Gasteiger partial charge in [-0.15, -0.1) is 0 Å². The number of hydrogen-bond acceptors (Lipinski definition) is 2. The predicted octanol–water partition coefficient (Wildman–Crippen LogP) is 2.44. The molecule has 3 heteroatoms. The minimum Gasteiger partial charge on any atom is -0.314 e. The quantitative estimate of drug-likeness (QED) is 0.888. The van der Waals surface area contributed by atoms with Gasteiger partial charge in [-0.1, -0.05) is 26.0 Å². The van der Waals surface area contributed by atoms with E-state index in [1.165, 1.54) is 5.56 Å². The fraction of sp³-hybridized carbons (Fsp3) is 0.533. The summed E-state index contributed by atoms with van der Waals surface area (Å²) >= 11 is 0. The molecule has 1 amide bonds. The molecule has 18 heavy (non-hydrogen) atoms. The van der Waals surface area contributed by atoms with Crippen molar-refractivity contribution in [3.63, 3.8) is 0 Å². The van der Waals surface area contributed by atoms with E-state index in [0.29, 0.717) is 6.04 Å². The van der Waals surface area contributed by atoms with Gasteiger partial charge in [-0.25, -0.2) is 0 Å². The van der Waals surface area contributed by atoms with Crippen LogP contribution >= 0.6 is 0 Å². The van der Waals surface area contributed by atoms with Crippen LogP contribution in [0.1, 0.15) is 38.8 Å². The number of hydrogen-bond donors (Lipinski definition) is 1. The van der Waals surface area contributed by atoms with Crippen molar-refractivity contribution in [2.45, 2.75) is 45.7 Å². The van der Waals surface area contributed by atoms with E-state index in [-0.39, 0.29) is 5.91 Å². The van der Waals surface area contributed by atoms with Crippen LogP contribution in [0, 0.1) is 0 Å². The molecule has 3 nitrogen and oxygen atoms in total. The van der Waals surface area contributed by atoms with E-state index in [0.717, 1.165) is 17.8 Å². The van der Waals surface area contributed by atoms with E-state index in [9.17, 15) is 4.79 Å². The molecule has 0 fully saturated rings. The second-order valence-corrected chi connectivity index (χ2v) is 5.88. The van der Waals surface area contributed by atoms with Gasteiger partial charge in [0.05, 0.1) is 5.41 Å². The fourth-order valence-corrected chi connectivity index (χ4v) is 2.45. The highest BCUT2D eigenvalue weighted by atomic mass is 16.2. The number of carbonyl (C=O) groups excluding carboxylic acids is 1. The Hall–Kier alpha value is -1.35. The molecule has 0 atom stereocenters. The topological polar surface area (TPSA) is 32.3 Å². The number of fused-ring (bicyclic) bond motifs is 1. The maximum Gasteiger partial charge on any atom is 0.236 e. The summed E-state index contributed by atoms with van der Waals surface area (Å²) in [6.07, 6.45) is 0. The van der Waals surface area contributed by atoms with Gasteiger partial charge in [0.15, 0.2) is 0 Å². The van der Waals surface area contributed by atoms with Crippen LogP contribution < -0.4 is 10.2 Å². The zero-order valence-electron chi connectivity index (χ0n) is 11.9. The van der Waals surface area contributed by atoms with Gasteiger partial charge in [0.1, 0.15) is 0 Å². The Labute approximate surface area is 109 Å². The van der Waals surface area contributed by atoms with E-state index in [1.807, 2.05) is 20.9 Å². The van der Waals surface area contributed by atoms with Crippen LogP contribution in [0.4, 0.5) is 5.69 Å². The van der Waals surface area contributed by atoms with Crippen molar-refractivity contribution in [1.82, 2.24) is 5.32 Å². The van der Waals surface area contributed by atoms with Gasteiger partial charge in [0, 0.05) is 25.3 Å². The molecule has 0 aromatic heterocycles. The Morgan fingerprint density at radius 3 is 2.61 bits per heavy atom. The van der Waals surface area contributed by atoms with Crippen molar-refractivity contribution in [3.8, 4) is 0 Å². The van der Waals surface area contributed by atoms with Crippen LogP contribution in [-0.2, 0) is 16.8 Å². The maximum absolute atomic E-state index is 12.2. The fourth-order valence-electron chi connectivity index (χ4n) is 2.45. The Bertz CT molecular complexity index is 477. The molecule has 1 aromatic rings. The Morgan fingerprint density at radius 2 is 2.00 bits per heavy atom. The van der Waals surface area contributed by atoms with Crippen LogP contribution in [0.25, 0.3) is 0 Å². The second-order valence-electron chi connectivity index (χ2n) is 5.88. The van der Waals surface area contributed by atoms with Gasteiger partial charge >= 0.3 is 0 Å². The van der Waals surface area contributed by atoms with Gasteiger partial charge < -0.3 is 10.2 Å². The molecule has 98 valence electrons. The largest absolute Gasteiger partial charge is 0.314 e. The highest BCUT2D eigenvalue weighted by molar-refractivity contribution is 6.07. The average Bonchev–Trinajstić information content (AvgIpc) is 2.49. The summed E-state index contributed by atoms with van der Waals surface area (Å²) in [6.45, 7) is 9.11.